The second-order valence-corrected chi connectivity index (χ2v) is 5.91. The van der Waals surface area contributed by atoms with E-state index >= 15 is 0 Å². The number of nitrogens with zero attached hydrogens (tertiary/aromatic N) is 2. The molecule has 100 valence electrons. The van der Waals surface area contributed by atoms with Crippen LogP contribution in [0, 0.1) is 16.7 Å². The minimum absolute atomic E-state index is 0.269. The van der Waals surface area contributed by atoms with Crippen molar-refractivity contribution in [1.82, 2.24) is 0 Å². The first-order valence-corrected chi connectivity index (χ1v) is 7.36. The Morgan fingerprint density at radius 1 is 1.58 bits per heavy atom. The predicted molar refractivity (Wildman–Crippen MR) is 77.1 cm³/mol. The van der Waals surface area contributed by atoms with Gasteiger partial charge in [0.25, 0.3) is 0 Å². The van der Waals surface area contributed by atoms with Crippen LogP contribution in [0.3, 0.4) is 0 Å². The molecule has 0 radical (unpaired) electrons. The smallest absolute Gasteiger partial charge is 0.225 e. The van der Waals surface area contributed by atoms with Gasteiger partial charge in [-0.2, -0.15) is 5.26 Å². The molecule has 1 saturated heterocycles. The second-order valence-electron chi connectivity index (χ2n) is 5.06. The van der Waals surface area contributed by atoms with E-state index in [1.165, 1.54) is 0 Å². The van der Waals surface area contributed by atoms with Crippen LogP contribution in [-0.4, -0.2) is 25.3 Å². The van der Waals surface area contributed by atoms with E-state index in [-0.39, 0.29) is 5.91 Å². The summed E-state index contributed by atoms with van der Waals surface area (Å²) in [5.41, 5.74) is 6.55. The molecule has 1 amide bonds. The first kappa shape index (κ1) is 13.8. The van der Waals surface area contributed by atoms with Crippen molar-refractivity contribution >= 4 is 23.4 Å². The van der Waals surface area contributed by atoms with Crippen molar-refractivity contribution < 1.29 is 4.79 Å². The molecule has 2 rings (SSSR count). The van der Waals surface area contributed by atoms with E-state index in [0.29, 0.717) is 12.1 Å². The zero-order valence-corrected chi connectivity index (χ0v) is 12.0. The Hall–Kier alpha value is -1.67. The molecule has 1 aromatic carbocycles. The summed E-state index contributed by atoms with van der Waals surface area (Å²) in [7, 11) is 0. The topological polar surface area (TPSA) is 70.1 Å². The number of primary amides is 1. The van der Waals surface area contributed by atoms with Gasteiger partial charge in [-0.3, -0.25) is 4.79 Å². The lowest BCUT2D eigenvalue weighted by Gasteiger charge is -2.23. The minimum atomic E-state index is -0.498. The highest BCUT2D eigenvalue weighted by Gasteiger charge is 2.39. The predicted octanol–water partition coefficient (Wildman–Crippen LogP) is 1.98. The van der Waals surface area contributed by atoms with Crippen molar-refractivity contribution in [1.29, 1.82) is 5.26 Å². The molecule has 1 fully saturated rings. The molecule has 0 aromatic heterocycles. The van der Waals surface area contributed by atoms with Crippen LogP contribution in [0.1, 0.15) is 18.9 Å². The minimum Gasteiger partial charge on any atom is -0.369 e. The van der Waals surface area contributed by atoms with Crippen LogP contribution in [-0.2, 0) is 4.79 Å². The Balaban J connectivity index is 2.35. The molecule has 1 atom stereocenters. The Morgan fingerprint density at radius 2 is 2.32 bits per heavy atom. The van der Waals surface area contributed by atoms with Gasteiger partial charge in [0.05, 0.1) is 16.7 Å². The SMILES string of the molecule is CSc1cccc(N2CCC(C)(C(N)=O)C2)c1C#N. The highest BCUT2D eigenvalue weighted by atomic mass is 32.2. The lowest BCUT2D eigenvalue weighted by Crippen LogP contribution is -2.37. The largest absolute Gasteiger partial charge is 0.369 e. The number of hydrogen-bond donors (Lipinski definition) is 1. The summed E-state index contributed by atoms with van der Waals surface area (Å²) in [4.78, 5) is 14.6. The fourth-order valence-electron chi connectivity index (χ4n) is 2.43. The van der Waals surface area contributed by atoms with Gasteiger partial charge < -0.3 is 10.6 Å². The number of carbonyl (C=O) groups is 1. The van der Waals surface area contributed by atoms with Crippen molar-refractivity contribution in [3.05, 3.63) is 23.8 Å². The van der Waals surface area contributed by atoms with Crippen molar-refractivity contribution in [2.75, 3.05) is 24.2 Å². The van der Waals surface area contributed by atoms with Gasteiger partial charge in [-0.05, 0) is 31.7 Å². The number of thioether (sulfide) groups is 1. The highest BCUT2D eigenvalue weighted by molar-refractivity contribution is 7.98. The van der Waals surface area contributed by atoms with Crippen molar-refractivity contribution in [3.63, 3.8) is 0 Å². The van der Waals surface area contributed by atoms with Crippen LogP contribution in [0.2, 0.25) is 0 Å². The molecular formula is C14H17N3OS. The molecule has 1 aliphatic rings. The second kappa shape index (κ2) is 5.14. The summed E-state index contributed by atoms with van der Waals surface area (Å²) in [6, 6.07) is 8.09. The fraction of sp³-hybridized carbons (Fsp3) is 0.429. The van der Waals surface area contributed by atoms with E-state index in [2.05, 4.69) is 11.0 Å². The van der Waals surface area contributed by atoms with Crippen molar-refractivity contribution in [3.8, 4) is 6.07 Å². The average Bonchev–Trinajstić information content (AvgIpc) is 2.81. The standard InChI is InChI=1S/C14H17N3OS/c1-14(13(16)18)6-7-17(9-14)11-4-3-5-12(19-2)10(11)8-15/h3-5H,6-7,9H2,1-2H3,(H2,16,18). The van der Waals surface area contributed by atoms with E-state index in [1.807, 2.05) is 31.4 Å². The van der Waals surface area contributed by atoms with Crippen LogP contribution in [0.15, 0.2) is 23.1 Å². The maximum atomic E-state index is 11.5. The third-order valence-corrected chi connectivity index (χ3v) is 4.52. The van der Waals surface area contributed by atoms with Crippen LogP contribution in [0.5, 0.6) is 0 Å². The zero-order chi connectivity index (χ0) is 14.0. The van der Waals surface area contributed by atoms with Crippen molar-refractivity contribution in [2.45, 2.75) is 18.2 Å². The summed E-state index contributed by atoms with van der Waals surface area (Å²) >= 11 is 1.56. The lowest BCUT2D eigenvalue weighted by molar-refractivity contribution is -0.125. The third kappa shape index (κ3) is 2.41. The summed E-state index contributed by atoms with van der Waals surface area (Å²) in [6.45, 7) is 3.22. The fourth-order valence-corrected chi connectivity index (χ4v) is 3.00. The number of rotatable bonds is 3. The monoisotopic (exact) mass is 275 g/mol. The van der Waals surface area contributed by atoms with Gasteiger partial charge in [0.2, 0.25) is 5.91 Å². The molecule has 0 spiro atoms. The van der Waals surface area contributed by atoms with Crippen LogP contribution < -0.4 is 10.6 Å². The van der Waals surface area contributed by atoms with Crippen molar-refractivity contribution in [2.24, 2.45) is 11.1 Å². The van der Waals surface area contributed by atoms with Gasteiger partial charge in [0, 0.05) is 18.0 Å². The summed E-state index contributed by atoms with van der Waals surface area (Å²) in [6.07, 6.45) is 2.69. The normalized spacial score (nSPS) is 22.3. The van der Waals surface area contributed by atoms with E-state index in [0.717, 1.165) is 23.5 Å². The summed E-state index contributed by atoms with van der Waals surface area (Å²) in [5, 5.41) is 9.35. The molecule has 1 heterocycles. The number of benzene rings is 1. The molecule has 4 nitrogen and oxygen atoms in total. The average molecular weight is 275 g/mol. The van der Waals surface area contributed by atoms with E-state index in [9.17, 15) is 10.1 Å². The molecular weight excluding hydrogens is 258 g/mol. The molecule has 19 heavy (non-hydrogen) atoms. The third-order valence-electron chi connectivity index (χ3n) is 3.74. The highest BCUT2D eigenvalue weighted by Crippen LogP contribution is 2.36. The van der Waals surface area contributed by atoms with E-state index in [4.69, 9.17) is 5.73 Å². The van der Waals surface area contributed by atoms with Gasteiger partial charge in [0.15, 0.2) is 0 Å². The maximum absolute atomic E-state index is 11.5. The first-order chi connectivity index (χ1) is 9.01. The van der Waals surface area contributed by atoms with Crippen LogP contribution >= 0.6 is 11.8 Å². The number of hydrogen-bond acceptors (Lipinski definition) is 4. The Morgan fingerprint density at radius 3 is 2.84 bits per heavy atom. The van der Waals surface area contributed by atoms with E-state index in [1.54, 1.807) is 11.8 Å². The molecule has 1 unspecified atom stereocenters. The quantitative estimate of drug-likeness (QED) is 0.856. The molecule has 1 aliphatic heterocycles. The van der Waals surface area contributed by atoms with Crippen LogP contribution in [0.25, 0.3) is 0 Å². The molecule has 0 saturated carbocycles. The van der Waals surface area contributed by atoms with Gasteiger partial charge in [-0.25, -0.2) is 0 Å². The van der Waals surface area contributed by atoms with Gasteiger partial charge >= 0.3 is 0 Å². The number of carbonyl (C=O) groups excluding carboxylic acids is 1. The number of nitrogens with two attached hydrogens (primary N) is 1. The molecule has 1 aromatic rings. The Labute approximate surface area is 117 Å². The van der Waals surface area contributed by atoms with Gasteiger partial charge in [-0.15, -0.1) is 11.8 Å². The summed E-state index contributed by atoms with van der Waals surface area (Å²) < 4.78 is 0. The van der Waals surface area contributed by atoms with Gasteiger partial charge in [-0.1, -0.05) is 6.07 Å². The molecule has 5 heteroatoms. The maximum Gasteiger partial charge on any atom is 0.225 e. The van der Waals surface area contributed by atoms with Crippen LogP contribution in [0.4, 0.5) is 5.69 Å². The molecule has 0 aliphatic carbocycles. The number of amides is 1. The molecule has 2 N–H and O–H groups in total. The molecule has 0 bridgehead atoms. The zero-order valence-electron chi connectivity index (χ0n) is 11.1. The Bertz CT molecular complexity index is 552. The first-order valence-electron chi connectivity index (χ1n) is 6.14. The number of nitriles is 1. The lowest BCUT2D eigenvalue weighted by atomic mass is 9.89. The summed E-state index contributed by atoms with van der Waals surface area (Å²) in [5.74, 6) is -0.269. The van der Waals surface area contributed by atoms with Gasteiger partial charge in [0.1, 0.15) is 6.07 Å². The Kier molecular flexibility index (Phi) is 3.72. The number of anilines is 1. The van der Waals surface area contributed by atoms with E-state index < -0.39 is 5.41 Å².